The molecule has 2 aromatic rings. The largest absolute Gasteiger partial charge is 0.454 e. The van der Waals surface area contributed by atoms with Crippen LogP contribution < -0.4 is 14.4 Å². The highest BCUT2D eigenvalue weighted by Gasteiger charge is 2.53. The molecule has 1 aromatic heterocycles. The lowest BCUT2D eigenvalue weighted by molar-refractivity contribution is 0.0354. The first-order valence-corrected chi connectivity index (χ1v) is 9.70. The zero-order valence-corrected chi connectivity index (χ0v) is 14.8. The number of hydrogen-bond acceptors (Lipinski definition) is 5. The van der Waals surface area contributed by atoms with Gasteiger partial charge in [0.25, 0.3) is 0 Å². The Balaban J connectivity index is 1.42. The second-order valence-corrected chi connectivity index (χ2v) is 7.91. The quantitative estimate of drug-likeness (QED) is 0.833. The highest BCUT2D eigenvalue weighted by molar-refractivity contribution is 5.50. The van der Waals surface area contributed by atoms with Crippen LogP contribution in [-0.4, -0.2) is 48.4 Å². The van der Waals surface area contributed by atoms with Crippen LogP contribution in [0.3, 0.4) is 0 Å². The van der Waals surface area contributed by atoms with E-state index in [1.54, 1.807) is 0 Å². The second kappa shape index (κ2) is 5.61. The molecule has 1 aromatic carbocycles. The molecule has 2 bridgehead atoms. The Bertz CT molecular complexity index is 819. The number of rotatable bonds is 2. The summed E-state index contributed by atoms with van der Waals surface area (Å²) in [5, 5.41) is 0. The van der Waals surface area contributed by atoms with Crippen molar-refractivity contribution in [1.29, 1.82) is 0 Å². The summed E-state index contributed by atoms with van der Waals surface area (Å²) in [4.78, 5) is 9.99. The highest BCUT2D eigenvalue weighted by Crippen LogP contribution is 2.48. The minimum absolute atomic E-state index is 0.337. The van der Waals surface area contributed by atoms with E-state index >= 15 is 0 Å². The lowest BCUT2D eigenvalue weighted by atomic mass is 9.75. The number of aromatic nitrogens is 1. The molecular formula is C21H23N3O2. The van der Waals surface area contributed by atoms with E-state index < -0.39 is 0 Å². The molecule has 4 fully saturated rings. The summed E-state index contributed by atoms with van der Waals surface area (Å²) in [5.41, 5.74) is 1.37. The zero-order valence-electron chi connectivity index (χ0n) is 14.8. The van der Waals surface area contributed by atoms with Crippen molar-refractivity contribution in [2.45, 2.75) is 30.8 Å². The van der Waals surface area contributed by atoms with E-state index in [9.17, 15) is 0 Å². The van der Waals surface area contributed by atoms with Crippen molar-refractivity contribution in [3.63, 3.8) is 0 Å². The number of piperidine rings is 3. The van der Waals surface area contributed by atoms with Crippen molar-refractivity contribution in [1.82, 2.24) is 9.88 Å². The van der Waals surface area contributed by atoms with Crippen LogP contribution in [0.5, 0.6) is 11.5 Å². The lowest BCUT2D eigenvalue weighted by Crippen LogP contribution is -2.60. The number of benzene rings is 1. The third-order valence-electron chi connectivity index (χ3n) is 6.76. The Morgan fingerprint density at radius 3 is 2.69 bits per heavy atom. The number of pyridine rings is 1. The van der Waals surface area contributed by atoms with E-state index in [-0.39, 0.29) is 0 Å². The summed E-state index contributed by atoms with van der Waals surface area (Å²) in [7, 11) is 0. The van der Waals surface area contributed by atoms with Crippen molar-refractivity contribution in [2.75, 3.05) is 31.3 Å². The van der Waals surface area contributed by atoms with Crippen LogP contribution in [0.15, 0.2) is 42.6 Å². The highest BCUT2D eigenvalue weighted by atomic mass is 16.7. The molecule has 5 aliphatic rings. The van der Waals surface area contributed by atoms with Crippen molar-refractivity contribution < 1.29 is 9.47 Å². The van der Waals surface area contributed by atoms with Crippen molar-refractivity contribution in [3.05, 3.63) is 48.2 Å². The van der Waals surface area contributed by atoms with Crippen LogP contribution in [0.2, 0.25) is 0 Å². The molecule has 5 heteroatoms. The number of ether oxygens (including phenoxy) is 2. The molecule has 0 spiro atoms. The van der Waals surface area contributed by atoms with E-state index in [0.29, 0.717) is 24.8 Å². The van der Waals surface area contributed by atoms with Crippen molar-refractivity contribution in [3.8, 4) is 11.5 Å². The lowest BCUT2D eigenvalue weighted by Gasteiger charge is -2.51. The summed E-state index contributed by atoms with van der Waals surface area (Å²) in [6, 6.07) is 13.9. The van der Waals surface area contributed by atoms with Crippen molar-refractivity contribution >= 4 is 5.82 Å². The van der Waals surface area contributed by atoms with E-state index in [0.717, 1.165) is 29.8 Å². The van der Waals surface area contributed by atoms with Crippen LogP contribution >= 0.6 is 0 Å². The van der Waals surface area contributed by atoms with Gasteiger partial charge in [-0.1, -0.05) is 12.1 Å². The average Bonchev–Trinajstić information content (AvgIpc) is 3.35. The van der Waals surface area contributed by atoms with Crippen molar-refractivity contribution in [2.24, 2.45) is 5.92 Å². The number of hydrogen-bond donors (Lipinski definition) is 0. The van der Waals surface area contributed by atoms with Gasteiger partial charge in [-0.2, -0.15) is 0 Å². The van der Waals surface area contributed by atoms with Gasteiger partial charge in [0.1, 0.15) is 5.82 Å². The molecule has 0 radical (unpaired) electrons. The predicted octanol–water partition coefficient (Wildman–Crippen LogP) is 2.88. The maximum Gasteiger partial charge on any atom is 0.231 e. The summed E-state index contributed by atoms with van der Waals surface area (Å²) in [6.45, 7) is 3.84. The molecular weight excluding hydrogens is 326 g/mol. The minimum Gasteiger partial charge on any atom is -0.454 e. The van der Waals surface area contributed by atoms with Gasteiger partial charge in [0.2, 0.25) is 6.79 Å². The first-order valence-electron chi connectivity index (χ1n) is 9.70. The number of nitrogens with zero attached hydrogens (tertiary/aromatic N) is 3. The second-order valence-electron chi connectivity index (χ2n) is 7.91. The summed E-state index contributed by atoms with van der Waals surface area (Å²) >= 11 is 0. The van der Waals surface area contributed by atoms with Gasteiger partial charge in [-0.15, -0.1) is 0 Å². The Kier molecular flexibility index (Phi) is 3.21. The number of anilines is 1. The minimum atomic E-state index is 0.337. The van der Waals surface area contributed by atoms with E-state index in [1.165, 1.54) is 31.5 Å². The topological polar surface area (TPSA) is 37.8 Å². The van der Waals surface area contributed by atoms with Crippen LogP contribution in [0, 0.1) is 5.92 Å². The van der Waals surface area contributed by atoms with Crippen LogP contribution in [0.4, 0.5) is 5.82 Å². The normalized spacial score (nSPS) is 34.2. The van der Waals surface area contributed by atoms with Gasteiger partial charge in [-0.25, -0.2) is 4.98 Å². The van der Waals surface area contributed by atoms with Gasteiger partial charge in [0, 0.05) is 30.7 Å². The molecule has 5 aliphatic heterocycles. The van der Waals surface area contributed by atoms with E-state index in [2.05, 4.69) is 45.1 Å². The SMILES string of the molecule is c1ccc(N2C[C@H](c3ccc4c(c3)OCO4)[C@@H]3[C@H]2C2CCN3CC2)nc1. The van der Waals surface area contributed by atoms with Gasteiger partial charge in [-0.05, 0) is 61.7 Å². The predicted molar refractivity (Wildman–Crippen MR) is 98.8 cm³/mol. The van der Waals surface area contributed by atoms with E-state index in [4.69, 9.17) is 9.47 Å². The number of fused-ring (bicyclic) bond motifs is 3. The standard InChI is InChI=1S/C21H23N3O2/c1-2-8-22-19(3-1)24-12-16(15-4-5-17-18(11-15)26-13-25-17)21-20(24)14-6-9-23(21)10-7-14/h1-5,8,11,14,16,20-21H,6-7,9-10,12-13H2/t16-,20-,21-/m1/s1. The van der Waals surface area contributed by atoms with Gasteiger partial charge in [0.15, 0.2) is 11.5 Å². The Hall–Kier alpha value is -2.27. The molecule has 6 heterocycles. The van der Waals surface area contributed by atoms with Gasteiger partial charge in [-0.3, -0.25) is 4.90 Å². The molecule has 4 saturated heterocycles. The molecule has 134 valence electrons. The third kappa shape index (κ3) is 2.10. The maximum absolute atomic E-state index is 5.65. The fourth-order valence-corrected chi connectivity index (χ4v) is 5.64. The monoisotopic (exact) mass is 349 g/mol. The molecule has 26 heavy (non-hydrogen) atoms. The molecule has 0 unspecified atom stereocenters. The van der Waals surface area contributed by atoms with Gasteiger partial charge >= 0.3 is 0 Å². The maximum atomic E-state index is 5.65. The molecule has 0 aliphatic carbocycles. The Labute approximate surface area is 153 Å². The molecule has 0 amide bonds. The fourth-order valence-electron chi connectivity index (χ4n) is 5.64. The van der Waals surface area contributed by atoms with Crippen LogP contribution in [0.25, 0.3) is 0 Å². The zero-order chi connectivity index (χ0) is 17.1. The first kappa shape index (κ1) is 14.9. The summed E-state index contributed by atoms with van der Waals surface area (Å²) in [6.07, 6.45) is 4.55. The Morgan fingerprint density at radius 1 is 0.962 bits per heavy atom. The molecule has 3 atom stereocenters. The third-order valence-corrected chi connectivity index (χ3v) is 6.76. The van der Waals surface area contributed by atoms with Gasteiger partial charge < -0.3 is 14.4 Å². The molecule has 5 nitrogen and oxygen atoms in total. The first-order chi connectivity index (χ1) is 12.9. The average molecular weight is 349 g/mol. The van der Waals surface area contributed by atoms with Gasteiger partial charge in [0.05, 0.1) is 0 Å². The molecule has 7 rings (SSSR count). The van der Waals surface area contributed by atoms with Crippen LogP contribution in [0.1, 0.15) is 24.3 Å². The Morgan fingerprint density at radius 2 is 1.85 bits per heavy atom. The molecule has 0 saturated carbocycles. The van der Waals surface area contributed by atoms with Crippen LogP contribution in [-0.2, 0) is 0 Å². The van der Waals surface area contributed by atoms with E-state index in [1.807, 2.05) is 12.3 Å². The fraction of sp³-hybridized carbons (Fsp3) is 0.476. The summed E-state index contributed by atoms with van der Waals surface area (Å²) in [5.74, 6) is 4.16. The molecule has 0 N–H and O–H groups in total. The smallest absolute Gasteiger partial charge is 0.231 e. The summed E-state index contributed by atoms with van der Waals surface area (Å²) < 4.78 is 11.2.